The van der Waals surface area contributed by atoms with Crippen LogP contribution in [0.1, 0.15) is 26.7 Å². The number of hydrogen-bond donors (Lipinski definition) is 0. The van der Waals surface area contributed by atoms with Gasteiger partial charge < -0.3 is 4.90 Å². The molecule has 0 saturated carbocycles. The number of amides is 1. The summed E-state index contributed by atoms with van der Waals surface area (Å²) in [5, 5.41) is 3.34. The zero-order chi connectivity index (χ0) is 19.7. The number of likely N-dealkylation sites (tertiary alicyclic amines) is 1. The Morgan fingerprint density at radius 2 is 2.00 bits per heavy atom. The van der Waals surface area contributed by atoms with Crippen molar-refractivity contribution in [1.29, 1.82) is 0 Å². The van der Waals surface area contributed by atoms with E-state index in [1.165, 1.54) is 18.2 Å². The fourth-order valence-corrected chi connectivity index (χ4v) is 4.88. The third-order valence-corrected chi connectivity index (χ3v) is 6.40. The molecular formula is C22H25N3O2S. The van der Waals surface area contributed by atoms with Crippen molar-refractivity contribution >= 4 is 39.3 Å². The van der Waals surface area contributed by atoms with Crippen LogP contribution in [0.4, 0.5) is 0 Å². The SMILES string of the molecule is CCn1c(SCC(=O)N2CCC[C@H](C)C2)nc2cc3ccccc3cc2c1=O. The summed E-state index contributed by atoms with van der Waals surface area (Å²) in [4.78, 5) is 32.4. The Balaban J connectivity index is 1.65. The van der Waals surface area contributed by atoms with E-state index in [1.807, 2.05) is 48.2 Å². The van der Waals surface area contributed by atoms with Gasteiger partial charge in [-0.15, -0.1) is 0 Å². The summed E-state index contributed by atoms with van der Waals surface area (Å²) < 4.78 is 1.67. The number of piperidine rings is 1. The highest BCUT2D eigenvalue weighted by Gasteiger charge is 2.21. The van der Waals surface area contributed by atoms with E-state index < -0.39 is 0 Å². The van der Waals surface area contributed by atoms with Gasteiger partial charge in [0.2, 0.25) is 5.91 Å². The van der Waals surface area contributed by atoms with Gasteiger partial charge in [0.25, 0.3) is 5.56 Å². The average molecular weight is 396 g/mol. The maximum Gasteiger partial charge on any atom is 0.262 e. The van der Waals surface area contributed by atoms with Gasteiger partial charge in [-0.05, 0) is 48.6 Å². The van der Waals surface area contributed by atoms with Gasteiger partial charge in [0.1, 0.15) is 0 Å². The van der Waals surface area contributed by atoms with E-state index in [2.05, 4.69) is 6.92 Å². The lowest BCUT2D eigenvalue weighted by molar-refractivity contribution is -0.130. The highest BCUT2D eigenvalue weighted by atomic mass is 32.2. The molecule has 0 spiro atoms. The normalized spacial score (nSPS) is 17.4. The number of carbonyl (C=O) groups excluding carboxylic acids is 1. The Hall–Kier alpha value is -2.34. The van der Waals surface area contributed by atoms with E-state index in [0.29, 0.717) is 34.3 Å². The van der Waals surface area contributed by atoms with Crippen molar-refractivity contribution in [2.45, 2.75) is 38.4 Å². The van der Waals surface area contributed by atoms with Gasteiger partial charge in [0, 0.05) is 19.6 Å². The van der Waals surface area contributed by atoms with Crippen LogP contribution in [0.2, 0.25) is 0 Å². The smallest absolute Gasteiger partial charge is 0.262 e. The second-order valence-corrected chi connectivity index (χ2v) is 8.48. The molecule has 3 aromatic rings. The molecular weight excluding hydrogens is 370 g/mol. The second kappa shape index (κ2) is 7.95. The predicted octanol–water partition coefficient (Wildman–Crippen LogP) is 3.92. The maximum atomic E-state index is 13.0. The van der Waals surface area contributed by atoms with E-state index in [4.69, 9.17) is 4.98 Å². The molecule has 1 fully saturated rings. The Bertz CT molecular complexity index is 1090. The molecule has 1 saturated heterocycles. The van der Waals surface area contributed by atoms with Crippen molar-refractivity contribution in [3.8, 4) is 0 Å². The fraction of sp³-hybridized carbons (Fsp3) is 0.409. The van der Waals surface area contributed by atoms with Crippen LogP contribution in [-0.4, -0.2) is 39.2 Å². The molecule has 0 bridgehead atoms. The van der Waals surface area contributed by atoms with Crippen LogP contribution in [0, 0.1) is 5.92 Å². The largest absolute Gasteiger partial charge is 0.342 e. The molecule has 146 valence electrons. The first-order valence-corrected chi connectivity index (χ1v) is 10.9. The molecule has 0 unspecified atom stereocenters. The van der Waals surface area contributed by atoms with E-state index in [1.54, 1.807) is 4.57 Å². The summed E-state index contributed by atoms with van der Waals surface area (Å²) in [5.74, 6) is 1.01. The molecule has 5 nitrogen and oxygen atoms in total. The zero-order valence-electron chi connectivity index (χ0n) is 16.4. The van der Waals surface area contributed by atoms with Crippen LogP contribution < -0.4 is 5.56 Å². The average Bonchev–Trinajstić information content (AvgIpc) is 2.71. The molecule has 1 aliphatic heterocycles. The standard InChI is InChI=1S/C22H25N3O2S/c1-3-25-21(27)18-11-16-8-4-5-9-17(16)12-19(18)23-22(25)28-14-20(26)24-10-6-7-15(2)13-24/h4-5,8-9,11-12,15H,3,6-7,10,13-14H2,1-2H3/t15-/m0/s1. The summed E-state index contributed by atoms with van der Waals surface area (Å²) in [6.45, 7) is 6.33. The first-order chi connectivity index (χ1) is 13.6. The summed E-state index contributed by atoms with van der Waals surface area (Å²) in [5.41, 5.74) is 0.648. The van der Waals surface area contributed by atoms with Crippen molar-refractivity contribution in [3.63, 3.8) is 0 Å². The van der Waals surface area contributed by atoms with Crippen LogP contribution in [-0.2, 0) is 11.3 Å². The van der Waals surface area contributed by atoms with Crippen molar-refractivity contribution in [2.24, 2.45) is 5.92 Å². The minimum atomic E-state index is -0.0419. The molecule has 1 aromatic heterocycles. The van der Waals surface area contributed by atoms with Gasteiger partial charge in [-0.1, -0.05) is 43.0 Å². The van der Waals surface area contributed by atoms with Crippen molar-refractivity contribution in [1.82, 2.24) is 14.5 Å². The lowest BCUT2D eigenvalue weighted by Crippen LogP contribution is -2.40. The minimum Gasteiger partial charge on any atom is -0.342 e. The number of nitrogens with zero attached hydrogens (tertiary/aromatic N) is 3. The third-order valence-electron chi connectivity index (χ3n) is 5.44. The summed E-state index contributed by atoms with van der Waals surface area (Å²) in [6, 6.07) is 11.9. The maximum absolute atomic E-state index is 13.0. The number of thioether (sulfide) groups is 1. The molecule has 4 rings (SSSR count). The molecule has 1 amide bonds. The highest BCUT2D eigenvalue weighted by molar-refractivity contribution is 7.99. The summed E-state index contributed by atoms with van der Waals surface area (Å²) in [6.07, 6.45) is 2.25. The van der Waals surface area contributed by atoms with Crippen LogP contribution in [0.15, 0.2) is 46.3 Å². The van der Waals surface area contributed by atoms with Gasteiger partial charge in [-0.25, -0.2) is 4.98 Å². The molecule has 28 heavy (non-hydrogen) atoms. The highest BCUT2D eigenvalue weighted by Crippen LogP contribution is 2.24. The van der Waals surface area contributed by atoms with Crippen molar-refractivity contribution in [2.75, 3.05) is 18.8 Å². The van der Waals surface area contributed by atoms with Gasteiger partial charge in [0.15, 0.2) is 5.16 Å². The monoisotopic (exact) mass is 395 g/mol. The van der Waals surface area contributed by atoms with Gasteiger partial charge in [0.05, 0.1) is 16.7 Å². The fourth-order valence-electron chi connectivity index (χ4n) is 3.91. The Labute approximate surface area is 168 Å². The molecule has 2 aromatic carbocycles. The topological polar surface area (TPSA) is 55.2 Å². The number of hydrogen-bond acceptors (Lipinski definition) is 4. The number of carbonyl (C=O) groups is 1. The van der Waals surface area contributed by atoms with Crippen LogP contribution >= 0.6 is 11.8 Å². The number of rotatable bonds is 4. The summed E-state index contributed by atoms with van der Waals surface area (Å²) in [7, 11) is 0. The Morgan fingerprint density at radius 1 is 1.25 bits per heavy atom. The molecule has 1 atom stereocenters. The molecule has 0 radical (unpaired) electrons. The van der Waals surface area contributed by atoms with Gasteiger partial charge in [-0.2, -0.15) is 0 Å². The molecule has 1 aliphatic rings. The van der Waals surface area contributed by atoms with Crippen LogP contribution in [0.5, 0.6) is 0 Å². The first kappa shape index (κ1) is 19.0. The van der Waals surface area contributed by atoms with Crippen molar-refractivity contribution in [3.05, 3.63) is 46.8 Å². The van der Waals surface area contributed by atoms with Crippen molar-refractivity contribution < 1.29 is 4.79 Å². The van der Waals surface area contributed by atoms with Gasteiger partial charge in [-0.3, -0.25) is 14.2 Å². The van der Waals surface area contributed by atoms with Crippen LogP contribution in [0.3, 0.4) is 0 Å². The van der Waals surface area contributed by atoms with Crippen LogP contribution in [0.25, 0.3) is 21.7 Å². The lowest BCUT2D eigenvalue weighted by atomic mass is 10.0. The van der Waals surface area contributed by atoms with E-state index >= 15 is 0 Å². The second-order valence-electron chi connectivity index (χ2n) is 7.54. The molecule has 6 heteroatoms. The Morgan fingerprint density at radius 3 is 2.71 bits per heavy atom. The quantitative estimate of drug-likeness (QED) is 0.382. The van der Waals surface area contributed by atoms with E-state index in [9.17, 15) is 9.59 Å². The number of aromatic nitrogens is 2. The zero-order valence-corrected chi connectivity index (χ0v) is 17.2. The van der Waals surface area contributed by atoms with Gasteiger partial charge >= 0.3 is 0 Å². The summed E-state index contributed by atoms with van der Waals surface area (Å²) >= 11 is 1.37. The minimum absolute atomic E-state index is 0.0419. The molecule has 2 heterocycles. The lowest BCUT2D eigenvalue weighted by Gasteiger charge is -2.30. The van der Waals surface area contributed by atoms with E-state index in [-0.39, 0.29) is 11.5 Å². The molecule has 0 N–H and O–H groups in total. The first-order valence-electron chi connectivity index (χ1n) is 9.90. The van der Waals surface area contributed by atoms with E-state index in [0.717, 1.165) is 30.3 Å². The third kappa shape index (κ3) is 3.65. The predicted molar refractivity (Wildman–Crippen MR) is 115 cm³/mol. The number of fused-ring (bicyclic) bond motifs is 2. The number of benzene rings is 2. The molecule has 0 aliphatic carbocycles. The Kier molecular flexibility index (Phi) is 5.40.